The number of benzene rings is 2. The summed E-state index contributed by atoms with van der Waals surface area (Å²) in [6.07, 6.45) is 0.350. The van der Waals surface area contributed by atoms with E-state index in [0.717, 1.165) is 5.56 Å². The minimum Gasteiger partial charge on any atom is -0.508 e. The van der Waals surface area contributed by atoms with Crippen LogP contribution in [-0.4, -0.2) is 45.7 Å². The third kappa shape index (κ3) is 3.70. The van der Waals surface area contributed by atoms with E-state index < -0.39 is 17.5 Å². The van der Waals surface area contributed by atoms with Crippen molar-refractivity contribution in [3.05, 3.63) is 53.1 Å². The lowest BCUT2D eigenvalue weighted by molar-refractivity contribution is -0.154. The van der Waals surface area contributed by atoms with E-state index in [9.17, 15) is 25.2 Å². The van der Waals surface area contributed by atoms with E-state index in [0.29, 0.717) is 23.3 Å². The van der Waals surface area contributed by atoms with Crippen LogP contribution in [0.15, 0.2) is 36.4 Å². The Labute approximate surface area is 156 Å². The molecule has 0 aliphatic carbocycles. The van der Waals surface area contributed by atoms with E-state index in [1.807, 2.05) is 0 Å². The average molecular weight is 374 g/mol. The van der Waals surface area contributed by atoms with Crippen molar-refractivity contribution in [1.82, 2.24) is 0 Å². The quantitative estimate of drug-likeness (QED) is 0.563. The maximum absolute atomic E-state index is 12.3. The number of methoxy groups -OCH3 is 1. The highest BCUT2D eigenvalue weighted by atomic mass is 16.6. The van der Waals surface area contributed by atoms with E-state index in [-0.39, 0.29) is 31.1 Å². The average Bonchev–Trinajstić information content (AvgIpc) is 2.92. The number of esters is 1. The molecule has 4 N–H and O–H groups in total. The topological polar surface area (TPSA) is 116 Å². The van der Waals surface area contributed by atoms with Crippen LogP contribution in [0.5, 0.6) is 17.2 Å². The van der Waals surface area contributed by atoms with Gasteiger partial charge in [-0.05, 0) is 41.8 Å². The Kier molecular flexibility index (Phi) is 5.25. The van der Waals surface area contributed by atoms with Gasteiger partial charge < -0.3 is 29.9 Å². The number of hydrogen-bond acceptors (Lipinski definition) is 7. The molecule has 1 heterocycles. The third-order valence-corrected chi connectivity index (χ3v) is 4.96. The lowest BCUT2D eigenvalue weighted by Gasteiger charge is -2.26. The summed E-state index contributed by atoms with van der Waals surface area (Å²) in [6.45, 7) is -0.275. The van der Waals surface area contributed by atoms with Gasteiger partial charge in [-0.25, -0.2) is 4.79 Å². The Bertz CT molecular complexity index is 848. The van der Waals surface area contributed by atoms with Gasteiger partial charge in [0.2, 0.25) is 0 Å². The Morgan fingerprint density at radius 3 is 2.56 bits per heavy atom. The highest BCUT2D eigenvalue weighted by Gasteiger charge is 2.51. The molecule has 0 saturated carbocycles. The zero-order chi connectivity index (χ0) is 19.6. The standard InChI is InChI=1S/C20H22O7/c1-26-18-8-12(2-5-17(18)23)7-15-11-27-19(24)20(15,25)9-13-3-4-16(22)14(6-13)10-21/h2-6,8,15,21-23,25H,7,9-11H2,1H3/t15?,20-/m1/s1. The van der Waals surface area contributed by atoms with Crippen LogP contribution in [0.25, 0.3) is 0 Å². The number of rotatable bonds is 6. The van der Waals surface area contributed by atoms with E-state index in [2.05, 4.69) is 0 Å². The van der Waals surface area contributed by atoms with Crippen LogP contribution in [0.3, 0.4) is 0 Å². The Morgan fingerprint density at radius 1 is 1.15 bits per heavy atom. The summed E-state index contributed by atoms with van der Waals surface area (Å²) in [5.74, 6) is -0.916. The predicted octanol–water partition coefficient (Wildman–Crippen LogP) is 1.29. The highest BCUT2D eigenvalue weighted by molar-refractivity contribution is 5.82. The molecule has 2 aromatic rings. The molecule has 2 atom stereocenters. The summed E-state index contributed by atoms with van der Waals surface area (Å²) in [7, 11) is 1.45. The van der Waals surface area contributed by atoms with Gasteiger partial charge in [-0.3, -0.25) is 0 Å². The zero-order valence-electron chi connectivity index (χ0n) is 14.9. The molecule has 1 fully saturated rings. The molecule has 7 nitrogen and oxygen atoms in total. The van der Waals surface area contributed by atoms with Crippen molar-refractivity contribution < 1.29 is 34.7 Å². The normalized spacial score (nSPS) is 21.9. The highest BCUT2D eigenvalue weighted by Crippen LogP contribution is 2.35. The molecule has 1 unspecified atom stereocenters. The van der Waals surface area contributed by atoms with Gasteiger partial charge in [-0.2, -0.15) is 0 Å². The van der Waals surface area contributed by atoms with Crippen molar-refractivity contribution in [3.8, 4) is 17.2 Å². The molecule has 1 saturated heterocycles. The summed E-state index contributed by atoms with van der Waals surface area (Å²) in [6, 6.07) is 9.43. The Morgan fingerprint density at radius 2 is 1.85 bits per heavy atom. The summed E-state index contributed by atoms with van der Waals surface area (Å²) >= 11 is 0. The summed E-state index contributed by atoms with van der Waals surface area (Å²) < 4.78 is 10.2. The Hall–Kier alpha value is -2.77. The number of carbonyl (C=O) groups is 1. The van der Waals surface area contributed by atoms with Gasteiger partial charge in [0.1, 0.15) is 5.75 Å². The summed E-state index contributed by atoms with van der Waals surface area (Å²) in [4.78, 5) is 12.3. The van der Waals surface area contributed by atoms with E-state index in [1.54, 1.807) is 24.3 Å². The fraction of sp³-hybridized carbons (Fsp3) is 0.350. The molecule has 27 heavy (non-hydrogen) atoms. The first-order valence-electron chi connectivity index (χ1n) is 8.54. The molecule has 0 spiro atoms. The van der Waals surface area contributed by atoms with Crippen LogP contribution >= 0.6 is 0 Å². The lowest BCUT2D eigenvalue weighted by atomic mass is 9.80. The van der Waals surface area contributed by atoms with Crippen LogP contribution in [0.4, 0.5) is 0 Å². The molecule has 0 bridgehead atoms. The van der Waals surface area contributed by atoms with Crippen molar-refractivity contribution >= 4 is 5.97 Å². The summed E-state index contributed by atoms with van der Waals surface area (Å²) in [5.41, 5.74) is -0.0173. The van der Waals surface area contributed by atoms with Crippen LogP contribution in [0, 0.1) is 5.92 Å². The SMILES string of the molecule is COc1cc(CC2COC(=O)[C@@]2(O)Cc2ccc(O)c(CO)c2)ccc1O. The van der Waals surface area contributed by atoms with Gasteiger partial charge in [0.25, 0.3) is 0 Å². The third-order valence-electron chi connectivity index (χ3n) is 4.96. The number of aliphatic hydroxyl groups is 2. The van der Waals surface area contributed by atoms with Crippen molar-refractivity contribution in [1.29, 1.82) is 0 Å². The van der Waals surface area contributed by atoms with E-state index in [4.69, 9.17) is 9.47 Å². The molecular weight excluding hydrogens is 352 g/mol. The van der Waals surface area contributed by atoms with Crippen molar-refractivity contribution in [2.75, 3.05) is 13.7 Å². The van der Waals surface area contributed by atoms with Crippen molar-refractivity contribution in [2.45, 2.75) is 25.0 Å². The number of carbonyl (C=O) groups excluding carboxylic acids is 1. The fourth-order valence-electron chi connectivity index (χ4n) is 3.37. The second-order valence-electron chi connectivity index (χ2n) is 6.73. The van der Waals surface area contributed by atoms with Gasteiger partial charge in [-0.15, -0.1) is 0 Å². The van der Waals surface area contributed by atoms with Crippen molar-refractivity contribution in [3.63, 3.8) is 0 Å². The number of hydrogen-bond donors (Lipinski definition) is 4. The van der Waals surface area contributed by atoms with Gasteiger partial charge in [-0.1, -0.05) is 12.1 Å². The second kappa shape index (κ2) is 7.46. The van der Waals surface area contributed by atoms with Crippen LogP contribution in [0.2, 0.25) is 0 Å². The van der Waals surface area contributed by atoms with Crippen LogP contribution in [-0.2, 0) is 29.0 Å². The molecule has 144 valence electrons. The molecule has 1 aliphatic rings. The minimum atomic E-state index is -1.73. The van der Waals surface area contributed by atoms with E-state index in [1.165, 1.54) is 19.2 Å². The maximum Gasteiger partial charge on any atom is 0.338 e. The van der Waals surface area contributed by atoms with Gasteiger partial charge >= 0.3 is 5.97 Å². The van der Waals surface area contributed by atoms with Crippen LogP contribution < -0.4 is 4.74 Å². The number of aromatic hydroxyl groups is 2. The molecule has 3 rings (SSSR count). The van der Waals surface area contributed by atoms with E-state index >= 15 is 0 Å². The monoisotopic (exact) mass is 374 g/mol. The van der Waals surface area contributed by atoms with Gasteiger partial charge in [0.05, 0.1) is 20.3 Å². The second-order valence-corrected chi connectivity index (χ2v) is 6.73. The van der Waals surface area contributed by atoms with Gasteiger partial charge in [0.15, 0.2) is 17.1 Å². The minimum absolute atomic E-state index is 0.000994. The first-order chi connectivity index (χ1) is 12.9. The number of phenols is 2. The fourth-order valence-corrected chi connectivity index (χ4v) is 3.37. The Balaban J connectivity index is 1.84. The smallest absolute Gasteiger partial charge is 0.338 e. The van der Waals surface area contributed by atoms with Crippen molar-refractivity contribution in [2.24, 2.45) is 5.92 Å². The molecular formula is C20H22O7. The number of aliphatic hydroxyl groups excluding tert-OH is 1. The lowest BCUT2D eigenvalue weighted by Crippen LogP contribution is -2.44. The predicted molar refractivity (Wildman–Crippen MR) is 95.5 cm³/mol. The first kappa shape index (κ1) is 19.0. The zero-order valence-corrected chi connectivity index (χ0v) is 14.9. The molecule has 7 heteroatoms. The summed E-state index contributed by atoms with van der Waals surface area (Å²) in [5, 5.41) is 39.8. The van der Waals surface area contributed by atoms with Crippen LogP contribution in [0.1, 0.15) is 16.7 Å². The molecule has 0 amide bonds. The number of phenolic OH excluding ortho intramolecular Hbond substituents is 1. The molecule has 1 aliphatic heterocycles. The molecule has 0 aromatic heterocycles. The number of ether oxygens (including phenoxy) is 2. The largest absolute Gasteiger partial charge is 0.508 e. The first-order valence-corrected chi connectivity index (χ1v) is 8.54. The number of cyclic esters (lactones) is 1. The molecule has 0 radical (unpaired) electrons. The maximum atomic E-state index is 12.3. The van der Waals surface area contributed by atoms with Gasteiger partial charge in [0, 0.05) is 17.9 Å². The molecule has 2 aromatic carbocycles.